The molecule has 0 aliphatic rings. The maximum atomic E-state index is 5.89. The van der Waals surface area contributed by atoms with Crippen LogP contribution in [0.2, 0.25) is 0 Å². The lowest BCUT2D eigenvalue weighted by atomic mass is 10.1. The lowest BCUT2D eigenvalue weighted by molar-refractivity contribution is 0.0646. The number of benzene rings is 1. The van der Waals surface area contributed by atoms with Gasteiger partial charge in [0.1, 0.15) is 0 Å². The molecular weight excluding hydrogens is 332 g/mol. The van der Waals surface area contributed by atoms with Crippen LogP contribution in [0.15, 0.2) is 41.5 Å². The second kappa shape index (κ2) is 10.8. The van der Waals surface area contributed by atoms with Crippen LogP contribution in [0.3, 0.4) is 0 Å². The Morgan fingerprint density at radius 2 is 2.08 bits per heavy atom. The largest absolute Gasteiger partial charge is 0.374 e. The van der Waals surface area contributed by atoms with Crippen LogP contribution < -0.4 is 10.6 Å². The fraction of sp³-hybridized carbons (Fsp3) is 0.474. The molecule has 1 aromatic carbocycles. The Kier molecular flexibility index (Phi) is 8.42. The molecule has 5 nitrogen and oxygen atoms in total. The number of guanidine groups is 1. The molecule has 0 fully saturated rings. The van der Waals surface area contributed by atoms with Gasteiger partial charge in [0.25, 0.3) is 0 Å². The quantitative estimate of drug-likeness (QED) is 0.407. The number of ether oxygens (including phenoxy) is 1. The first kappa shape index (κ1) is 19.4. The molecule has 0 spiro atoms. The van der Waals surface area contributed by atoms with Crippen molar-refractivity contribution in [3.63, 3.8) is 0 Å². The fourth-order valence-corrected chi connectivity index (χ4v) is 3.06. The first-order valence-electron chi connectivity index (χ1n) is 8.79. The van der Waals surface area contributed by atoms with E-state index in [1.54, 1.807) is 11.3 Å². The summed E-state index contributed by atoms with van der Waals surface area (Å²) in [5.41, 5.74) is 1.21. The molecule has 2 aromatic rings. The Morgan fingerprint density at radius 1 is 1.28 bits per heavy atom. The molecule has 2 rings (SSSR count). The number of aromatic nitrogens is 1. The standard InChI is InChI=1S/C19H28N4OS/c1-4-20-19(23-14-18-13-22-16(3)25-18)21-11-8-12-24-15(2)17-9-6-5-7-10-17/h5-7,9-10,13,15H,4,8,11-12,14H2,1-3H3,(H2,20,21,23). The minimum atomic E-state index is 0.123. The van der Waals surface area contributed by atoms with Crippen molar-refractivity contribution in [2.45, 2.75) is 39.8 Å². The smallest absolute Gasteiger partial charge is 0.191 e. The second-order valence-corrected chi connectivity index (χ2v) is 7.06. The molecule has 2 N–H and O–H groups in total. The normalized spacial score (nSPS) is 12.8. The molecule has 1 heterocycles. The lowest BCUT2D eigenvalue weighted by Crippen LogP contribution is -2.38. The minimum Gasteiger partial charge on any atom is -0.374 e. The molecule has 0 saturated carbocycles. The van der Waals surface area contributed by atoms with Gasteiger partial charge in [-0.05, 0) is 32.8 Å². The second-order valence-electron chi connectivity index (χ2n) is 5.74. The molecule has 1 aromatic heterocycles. The van der Waals surface area contributed by atoms with Gasteiger partial charge in [-0.2, -0.15) is 0 Å². The molecule has 0 bridgehead atoms. The van der Waals surface area contributed by atoms with E-state index >= 15 is 0 Å². The lowest BCUT2D eigenvalue weighted by Gasteiger charge is -2.14. The zero-order chi connectivity index (χ0) is 17.9. The van der Waals surface area contributed by atoms with Crippen LogP contribution in [0, 0.1) is 6.92 Å². The monoisotopic (exact) mass is 360 g/mol. The van der Waals surface area contributed by atoms with Crippen LogP contribution in [-0.2, 0) is 11.3 Å². The predicted octanol–water partition coefficient (Wildman–Crippen LogP) is 3.67. The van der Waals surface area contributed by atoms with Gasteiger partial charge >= 0.3 is 0 Å². The number of nitrogens with zero attached hydrogens (tertiary/aromatic N) is 2. The zero-order valence-electron chi connectivity index (χ0n) is 15.3. The summed E-state index contributed by atoms with van der Waals surface area (Å²) >= 11 is 1.69. The van der Waals surface area contributed by atoms with Gasteiger partial charge in [0.15, 0.2) is 5.96 Å². The topological polar surface area (TPSA) is 58.5 Å². The van der Waals surface area contributed by atoms with Crippen molar-refractivity contribution >= 4 is 17.3 Å². The molecule has 0 aliphatic carbocycles. The van der Waals surface area contributed by atoms with E-state index in [2.05, 4.69) is 46.6 Å². The van der Waals surface area contributed by atoms with E-state index in [0.29, 0.717) is 6.54 Å². The Labute approximate surface area is 154 Å². The molecular formula is C19H28N4OS. The van der Waals surface area contributed by atoms with Gasteiger partial charge in [0.2, 0.25) is 0 Å². The van der Waals surface area contributed by atoms with Gasteiger partial charge in [-0.3, -0.25) is 0 Å². The summed E-state index contributed by atoms with van der Waals surface area (Å²) in [5.74, 6) is 0.838. The predicted molar refractivity (Wildman–Crippen MR) is 105 cm³/mol. The molecule has 25 heavy (non-hydrogen) atoms. The van der Waals surface area contributed by atoms with Crippen molar-refractivity contribution in [3.8, 4) is 0 Å². The summed E-state index contributed by atoms with van der Waals surface area (Å²) in [5, 5.41) is 7.70. The van der Waals surface area contributed by atoms with Crippen LogP contribution in [0.5, 0.6) is 0 Å². The summed E-state index contributed by atoms with van der Waals surface area (Å²) in [6.45, 7) is 9.21. The summed E-state index contributed by atoms with van der Waals surface area (Å²) in [6.07, 6.45) is 2.95. The SMILES string of the molecule is CCNC(=NCc1cnc(C)s1)NCCCOC(C)c1ccccc1. The number of aryl methyl sites for hydroxylation is 1. The van der Waals surface area contributed by atoms with Crippen LogP contribution in [0.4, 0.5) is 0 Å². The van der Waals surface area contributed by atoms with Gasteiger partial charge in [-0.1, -0.05) is 30.3 Å². The van der Waals surface area contributed by atoms with E-state index in [9.17, 15) is 0 Å². The van der Waals surface area contributed by atoms with Crippen molar-refractivity contribution in [2.75, 3.05) is 19.7 Å². The minimum absolute atomic E-state index is 0.123. The van der Waals surface area contributed by atoms with Gasteiger partial charge in [-0.25, -0.2) is 9.98 Å². The zero-order valence-corrected chi connectivity index (χ0v) is 16.1. The molecule has 0 radical (unpaired) electrons. The van der Waals surface area contributed by atoms with Crippen molar-refractivity contribution in [3.05, 3.63) is 52.0 Å². The summed E-state index contributed by atoms with van der Waals surface area (Å²) in [4.78, 5) is 10.0. The maximum Gasteiger partial charge on any atom is 0.191 e. The molecule has 0 saturated heterocycles. The third kappa shape index (κ3) is 7.23. The number of aliphatic imine (C=N–C) groups is 1. The van der Waals surface area contributed by atoms with Crippen molar-refractivity contribution in [1.82, 2.24) is 15.6 Å². The number of thiazole rings is 1. The Morgan fingerprint density at radius 3 is 2.76 bits per heavy atom. The highest BCUT2D eigenvalue weighted by Gasteiger charge is 2.04. The van der Waals surface area contributed by atoms with Crippen LogP contribution in [-0.4, -0.2) is 30.6 Å². The van der Waals surface area contributed by atoms with Crippen molar-refractivity contribution in [2.24, 2.45) is 4.99 Å². The van der Waals surface area contributed by atoms with E-state index in [-0.39, 0.29) is 6.10 Å². The van der Waals surface area contributed by atoms with Crippen molar-refractivity contribution < 1.29 is 4.74 Å². The number of hydrogen-bond donors (Lipinski definition) is 2. The Bertz CT molecular complexity index is 642. The van der Waals surface area contributed by atoms with Gasteiger partial charge < -0.3 is 15.4 Å². The highest BCUT2D eigenvalue weighted by molar-refractivity contribution is 7.11. The van der Waals surface area contributed by atoms with Crippen molar-refractivity contribution in [1.29, 1.82) is 0 Å². The molecule has 0 aliphatic heterocycles. The van der Waals surface area contributed by atoms with E-state index in [1.807, 2.05) is 31.3 Å². The van der Waals surface area contributed by atoms with Gasteiger partial charge in [0.05, 0.1) is 17.7 Å². The van der Waals surface area contributed by atoms with Gasteiger partial charge in [-0.15, -0.1) is 11.3 Å². The summed E-state index contributed by atoms with van der Waals surface area (Å²) in [6, 6.07) is 10.3. The number of nitrogens with one attached hydrogen (secondary N) is 2. The molecule has 136 valence electrons. The fourth-order valence-electron chi connectivity index (χ4n) is 2.34. The van der Waals surface area contributed by atoms with E-state index < -0.39 is 0 Å². The molecule has 0 amide bonds. The average Bonchev–Trinajstić information content (AvgIpc) is 3.05. The Hall–Kier alpha value is -1.92. The Balaban J connectivity index is 1.68. The highest BCUT2D eigenvalue weighted by atomic mass is 32.1. The van der Waals surface area contributed by atoms with Crippen LogP contribution >= 0.6 is 11.3 Å². The first-order chi connectivity index (χ1) is 12.2. The summed E-state index contributed by atoms with van der Waals surface area (Å²) in [7, 11) is 0. The first-order valence-corrected chi connectivity index (χ1v) is 9.60. The van der Waals surface area contributed by atoms with E-state index in [0.717, 1.165) is 37.1 Å². The maximum absolute atomic E-state index is 5.89. The number of hydrogen-bond acceptors (Lipinski definition) is 4. The molecule has 1 atom stereocenters. The average molecular weight is 361 g/mol. The van der Waals surface area contributed by atoms with Crippen LogP contribution in [0.25, 0.3) is 0 Å². The van der Waals surface area contributed by atoms with E-state index in [4.69, 9.17) is 4.74 Å². The third-order valence-electron chi connectivity index (χ3n) is 3.66. The van der Waals surface area contributed by atoms with E-state index in [1.165, 1.54) is 10.4 Å². The third-order valence-corrected chi connectivity index (χ3v) is 4.55. The summed E-state index contributed by atoms with van der Waals surface area (Å²) < 4.78 is 5.89. The molecule has 6 heteroatoms. The number of rotatable bonds is 9. The molecule has 1 unspecified atom stereocenters. The highest BCUT2D eigenvalue weighted by Crippen LogP contribution is 2.15. The van der Waals surface area contributed by atoms with Crippen LogP contribution in [0.1, 0.15) is 41.8 Å². The van der Waals surface area contributed by atoms with Gasteiger partial charge in [0, 0.05) is 30.8 Å².